The highest BCUT2D eigenvalue weighted by Crippen LogP contribution is 2.32. The number of para-hydroxylation sites is 1. The first kappa shape index (κ1) is 16.6. The predicted octanol–water partition coefficient (Wildman–Crippen LogP) is 2.84. The fourth-order valence-electron chi connectivity index (χ4n) is 1.97. The van der Waals surface area contributed by atoms with Crippen molar-refractivity contribution in [3.05, 3.63) is 57.2 Å². The topological polar surface area (TPSA) is 90.6 Å². The van der Waals surface area contributed by atoms with Gasteiger partial charge in [0.15, 0.2) is 11.5 Å². The molecule has 0 fully saturated rings. The Morgan fingerprint density at radius 3 is 2.67 bits per heavy atom. The third-order valence-corrected chi connectivity index (χ3v) is 3.66. The van der Waals surface area contributed by atoms with Crippen molar-refractivity contribution in [3.8, 4) is 17.4 Å². The zero-order valence-corrected chi connectivity index (χ0v) is 13.7. The molecule has 0 bridgehead atoms. The second-order valence-corrected chi connectivity index (χ2v) is 5.66. The normalized spacial score (nSPS) is 12.3. The zero-order valence-electron chi connectivity index (χ0n) is 12.2. The molecule has 0 unspecified atom stereocenters. The molecule has 0 aliphatic rings. The first-order chi connectivity index (χ1) is 11.5. The van der Waals surface area contributed by atoms with Crippen LogP contribution in [0.2, 0.25) is 10.0 Å². The van der Waals surface area contributed by atoms with E-state index in [2.05, 4.69) is 5.10 Å². The highest BCUT2D eigenvalue weighted by atomic mass is 35.5. The number of hydrogen-bond donors (Lipinski definition) is 1. The van der Waals surface area contributed by atoms with Gasteiger partial charge in [-0.2, -0.15) is 4.68 Å². The van der Waals surface area contributed by atoms with Crippen LogP contribution in [0.25, 0.3) is 11.7 Å². The maximum atomic E-state index is 11.8. The quantitative estimate of drug-likeness (QED) is 0.717. The molecule has 7 nitrogen and oxygen atoms in total. The standard InChI is InChI=1S/C15H12Cl2N2O5/c16-10-3-1-4-11(17)13(10)23-8-9(20)7-19-15(21)24-14(18-19)12-5-2-6-22-12/h1-6,9,20H,7-8H2/t9-/m0/s1. The summed E-state index contributed by atoms with van der Waals surface area (Å²) in [4.78, 5) is 11.8. The van der Waals surface area contributed by atoms with Gasteiger partial charge in [0.1, 0.15) is 12.7 Å². The fourth-order valence-corrected chi connectivity index (χ4v) is 2.48. The van der Waals surface area contributed by atoms with E-state index in [4.69, 9.17) is 36.8 Å². The van der Waals surface area contributed by atoms with Crippen LogP contribution in [-0.4, -0.2) is 27.6 Å². The first-order valence-electron chi connectivity index (χ1n) is 6.91. The van der Waals surface area contributed by atoms with Crippen molar-refractivity contribution in [3.63, 3.8) is 0 Å². The smallest absolute Gasteiger partial charge is 0.437 e. The maximum Gasteiger partial charge on any atom is 0.437 e. The van der Waals surface area contributed by atoms with E-state index < -0.39 is 11.9 Å². The van der Waals surface area contributed by atoms with Crippen LogP contribution < -0.4 is 10.5 Å². The Morgan fingerprint density at radius 2 is 2.00 bits per heavy atom. The molecule has 0 amide bonds. The van der Waals surface area contributed by atoms with Crippen molar-refractivity contribution in [2.45, 2.75) is 12.6 Å². The van der Waals surface area contributed by atoms with Gasteiger partial charge in [-0.1, -0.05) is 29.3 Å². The molecule has 3 rings (SSSR count). The summed E-state index contributed by atoms with van der Waals surface area (Å²) < 4.78 is 16.5. The molecule has 1 N–H and O–H groups in total. The molecule has 0 saturated heterocycles. The Kier molecular flexibility index (Phi) is 4.94. The van der Waals surface area contributed by atoms with Crippen LogP contribution in [0.15, 0.2) is 50.2 Å². The van der Waals surface area contributed by atoms with E-state index in [1.165, 1.54) is 6.26 Å². The van der Waals surface area contributed by atoms with E-state index in [-0.39, 0.29) is 24.8 Å². The molecule has 126 valence electrons. The van der Waals surface area contributed by atoms with Gasteiger partial charge >= 0.3 is 5.76 Å². The van der Waals surface area contributed by atoms with Crippen molar-refractivity contribution in [2.75, 3.05) is 6.61 Å². The van der Waals surface area contributed by atoms with Crippen LogP contribution in [0.3, 0.4) is 0 Å². The molecule has 0 radical (unpaired) electrons. The van der Waals surface area contributed by atoms with Crippen LogP contribution in [0.5, 0.6) is 5.75 Å². The average Bonchev–Trinajstić information content (AvgIpc) is 3.17. The Morgan fingerprint density at radius 1 is 1.25 bits per heavy atom. The largest absolute Gasteiger partial charge is 0.488 e. The molecule has 24 heavy (non-hydrogen) atoms. The molecule has 0 saturated carbocycles. The molecule has 2 heterocycles. The van der Waals surface area contributed by atoms with Crippen molar-refractivity contribution >= 4 is 23.2 Å². The van der Waals surface area contributed by atoms with E-state index in [9.17, 15) is 9.90 Å². The summed E-state index contributed by atoms with van der Waals surface area (Å²) in [5.41, 5.74) is 0. The SMILES string of the molecule is O=c1oc(-c2ccco2)nn1C[C@H](O)COc1c(Cl)cccc1Cl. The molecule has 0 aliphatic heterocycles. The minimum Gasteiger partial charge on any atom is -0.488 e. The molecular weight excluding hydrogens is 359 g/mol. The van der Waals surface area contributed by atoms with Gasteiger partial charge in [-0.25, -0.2) is 4.79 Å². The maximum absolute atomic E-state index is 11.8. The van der Waals surface area contributed by atoms with Crippen LogP contribution in [0, 0.1) is 0 Å². The van der Waals surface area contributed by atoms with Crippen molar-refractivity contribution in [1.29, 1.82) is 0 Å². The van der Waals surface area contributed by atoms with Gasteiger partial charge in [0.25, 0.3) is 5.89 Å². The van der Waals surface area contributed by atoms with Crippen molar-refractivity contribution in [1.82, 2.24) is 9.78 Å². The molecule has 2 aromatic heterocycles. The summed E-state index contributed by atoms with van der Waals surface area (Å²) in [7, 11) is 0. The van der Waals surface area contributed by atoms with E-state index in [1.807, 2.05) is 0 Å². The number of aliphatic hydroxyl groups excluding tert-OH is 1. The van der Waals surface area contributed by atoms with Gasteiger partial charge < -0.3 is 18.7 Å². The summed E-state index contributed by atoms with van der Waals surface area (Å²) in [6.45, 7) is -0.246. The number of benzene rings is 1. The van der Waals surface area contributed by atoms with E-state index in [1.54, 1.807) is 30.3 Å². The zero-order chi connectivity index (χ0) is 17.1. The lowest BCUT2D eigenvalue weighted by Crippen LogP contribution is -2.29. The minimum absolute atomic E-state index is 0.0345. The number of nitrogens with zero attached hydrogens (tertiary/aromatic N) is 2. The Hall–Kier alpha value is -2.22. The van der Waals surface area contributed by atoms with E-state index >= 15 is 0 Å². The number of furan rings is 1. The number of halogens is 2. The Balaban J connectivity index is 1.65. The minimum atomic E-state index is -1.02. The lowest BCUT2D eigenvalue weighted by atomic mass is 10.3. The van der Waals surface area contributed by atoms with E-state index in [0.717, 1.165) is 4.68 Å². The second-order valence-electron chi connectivity index (χ2n) is 4.85. The van der Waals surface area contributed by atoms with Crippen molar-refractivity contribution < 1.29 is 18.7 Å². The number of rotatable bonds is 6. The van der Waals surface area contributed by atoms with Crippen LogP contribution >= 0.6 is 23.2 Å². The van der Waals surface area contributed by atoms with Crippen LogP contribution in [0.4, 0.5) is 0 Å². The Labute approximate surface area is 146 Å². The highest BCUT2D eigenvalue weighted by Gasteiger charge is 2.16. The summed E-state index contributed by atoms with van der Waals surface area (Å²) in [6, 6.07) is 8.16. The average molecular weight is 371 g/mol. The highest BCUT2D eigenvalue weighted by molar-refractivity contribution is 6.37. The van der Waals surface area contributed by atoms with Gasteiger partial charge in [-0.05, 0) is 24.3 Å². The van der Waals surface area contributed by atoms with E-state index in [0.29, 0.717) is 15.8 Å². The molecule has 3 aromatic rings. The third-order valence-electron chi connectivity index (χ3n) is 3.06. The molecule has 1 aromatic carbocycles. The summed E-state index contributed by atoms with van der Waals surface area (Å²) in [6.07, 6.45) is 0.411. The summed E-state index contributed by atoms with van der Waals surface area (Å²) in [5.74, 6) is -0.0911. The van der Waals surface area contributed by atoms with Gasteiger partial charge in [0.2, 0.25) is 0 Å². The molecule has 0 spiro atoms. The number of ether oxygens (including phenoxy) is 1. The monoisotopic (exact) mass is 370 g/mol. The molecule has 0 aliphatic carbocycles. The van der Waals surface area contributed by atoms with Gasteiger partial charge in [0.05, 0.1) is 22.9 Å². The molecule has 1 atom stereocenters. The fraction of sp³-hybridized carbons (Fsp3) is 0.200. The predicted molar refractivity (Wildman–Crippen MR) is 86.4 cm³/mol. The third kappa shape index (κ3) is 3.64. The lowest BCUT2D eigenvalue weighted by molar-refractivity contribution is 0.0876. The van der Waals surface area contributed by atoms with Gasteiger partial charge in [-0.3, -0.25) is 0 Å². The Bertz CT molecular complexity index is 852. The number of aromatic nitrogens is 2. The van der Waals surface area contributed by atoms with Crippen LogP contribution in [-0.2, 0) is 6.54 Å². The van der Waals surface area contributed by atoms with Crippen LogP contribution in [0.1, 0.15) is 0 Å². The van der Waals surface area contributed by atoms with Crippen molar-refractivity contribution in [2.24, 2.45) is 0 Å². The number of hydrogen-bond acceptors (Lipinski definition) is 6. The second kappa shape index (κ2) is 7.12. The number of aliphatic hydroxyl groups is 1. The summed E-state index contributed by atoms with van der Waals surface area (Å²) >= 11 is 11.9. The van der Waals surface area contributed by atoms with Gasteiger partial charge in [-0.15, -0.1) is 5.10 Å². The molecular formula is C15H12Cl2N2O5. The first-order valence-corrected chi connectivity index (χ1v) is 7.67. The molecule has 9 heteroatoms. The summed E-state index contributed by atoms with van der Waals surface area (Å²) in [5, 5.41) is 14.6. The van der Waals surface area contributed by atoms with Gasteiger partial charge in [0, 0.05) is 0 Å². The lowest BCUT2D eigenvalue weighted by Gasteiger charge is -2.13.